The molecule has 1 aromatic heterocycles. The smallest absolute Gasteiger partial charge is 0.0704 e. The molecule has 1 heterocycles. The van der Waals surface area contributed by atoms with E-state index in [4.69, 9.17) is 11.6 Å². The summed E-state index contributed by atoms with van der Waals surface area (Å²) in [5, 5.41) is 0.247. The molecule has 1 fully saturated rings. The predicted molar refractivity (Wildman–Crippen MR) is 62.7 cm³/mol. The van der Waals surface area contributed by atoms with Crippen LogP contribution in [-0.2, 0) is 0 Å². The second-order valence-corrected chi connectivity index (χ2v) is 6.76. The Morgan fingerprint density at radius 2 is 2.31 bits per heavy atom. The lowest BCUT2D eigenvalue weighted by Gasteiger charge is -2.29. The van der Waals surface area contributed by atoms with Crippen LogP contribution in [0.25, 0.3) is 0 Å². The number of hydrogen-bond donors (Lipinski definition) is 0. The largest absolute Gasteiger partial charge is 0.133 e. The fourth-order valence-electron chi connectivity index (χ4n) is 1.72. The molecule has 1 atom stereocenters. The number of halogens is 2. The van der Waals surface area contributed by atoms with Gasteiger partial charge in [-0.1, -0.05) is 6.42 Å². The van der Waals surface area contributed by atoms with Gasteiger partial charge in [0, 0.05) is 4.88 Å². The van der Waals surface area contributed by atoms with E-state index in [-0.39, 0.29) is 5.38 Å². The molecule has 0 nitrogen and oxygen atoms in total. The maximum Gasteiger partial charge on any atom is 0.0704 e. The lowest BCUT2D eigenvalue weighted by molar-refractivity contribution is 0.305. The second kappa shape index (κ2) is 3.92. The molecule has 1 aromatic rings. The molecule has 3 heteroatoms. The number of thiophene rings is 1. The molecule has 0 bridgehead atoms. The van der Waals surface area contributed by atoms with Gasteiger partial charge in [-0.15, -0.1) is 22.9 Å². The van der Waals surface area contributed by atoms with Gasteiger partial charge in [0.05, 0.1) is 9.16 Å². The number of alkyl halides is 1. The van der Waals surface area contributed by atoms with Gasteiger partial charge >= 0.3 is 0 Å². The Morgan fingerprint density at radius 1 is 1.62 bits per heavy atom. The predicted octanol–water partition coefficient (Wildman–Crippen LogP) is 4.90. The summed E-state index contributed by atoms with van der Waals surface area (Å²) in [5.41, 5.74) is 1.34. The minimum absolute atomic E-state index is 0.247. The van der Waals surface area contributed by atoms with Crippen LogP contribution in [0, 0.1) is 12.8 Å². The van der Waals surface area contributed by atoms with Crippen molar-refractivity contribution in [3.63, 3.8) is 0 Å². The van der Waals surface area contributed by atoms with E-state index in [9.17, 15) is 0 Å². The minimum atomic E-state index is 0.247. The average molecular weight is 280 g/mol. The molecule has 2 rings (SSSR count). The molecule has 0 spiro atoms. The van der Waals surface area contributed by atoms with Crippen LogP contribution in [0.2, 0.25) is 0 Å². The van der Waals surface area contributed by atoms with E-state index in [2.05, 4.69) is 28.9 Å². The highest BCUT2D eigenvalue weighted by atomic mass is 79.9. The van der Waals surface area contributed by atoms with Gasteiger partial charge in [0.1, 0.15) is 0 Å². The standard InChI is InChI=1S/C10H12BrClS/c1-6-8(5-9(11)13-6)10(12)7-3-2-4-7/h5,7,10H,2-4H2,1H3. The van der Waals surface area contributed by atoms with Crippen LogP contribution in [0.3, 0.4) is 0 Å². The van der Waals surface area contributed by atoms with Crippen LogP contribution in [0.15, 0.2) is 9.85 Å². The highest BCUT2D eigenvalue weighted by Crippen LogP contribution is 2.45. The van der Waals surface area contributed by atoms with Crippen LogP contribution < -0.4 is 0 Å². The molecule has 72 valence electrons. The van der Waals surface area contributed by atoms with E-state index in [0.717, 1.165) is 5.92 Å². The first-order valence-corrected chi connectivity index (χ1v) is 6.63. The van der Waals surface area contributed by atoms with Gasteiger partial charge in [0.25, 0.3) is 0 Å². The fraction of sp³-hybridized carbons (Fsp3) is 0.600. The first kappa shape index (κ1) is 10.0. The van der Waals surface area contributed by atoms with Crippen molar-refractivity contribution in [3.05, 3.63) is 20.3 Å². The Kier molecular flexibility index (Phi) is 3.01. The third-order valence-electron chi connectivity index (χ3n) is 2.79. The topological polar surface area (TPSA) is 0 Å². The van der Waals surface area contributed by atoms with Crippen LogP contribution >= 0.6 is 38.9 Å². The van der Waals surface area contributed by atoms with Crippen molar-refractivity contribution in [2.45, 2.75) is 31.6 Å². The molecule has 0 amide bonds. The van der Waals surface area contributed by atoms with Gasteiger partial charge < -0.3 is 0 Å². The lowest BCUT2D eigenvalue weighted by atomic mass is 9.80. The van der Waals surface area contributed by atoms with E-state index in [1.807, 2.05) is 0 Å². The third kappa shape index (κ3) is 1.95. The summed E-state index contributed by atoms with van der Waals surface area (Å²) in [7, 11) is 0. The number of aryl methyl sites for hydroxylation is 1. The summed E-state index contributed by atoms with van der Waals surface area (Å²) in [6.07, 6.45) is 3.97. The molecular weight excluding hydrogens is 268 g/mol. The quantitative estimate of drug-likeness (QED) is 0.676. The van der Waals surface area contributed by atoms with Crippen molar-refractivity contribution in [3.8, 4) is 0 Å². The first-order valence-electron chi connectivity index (χ1n) is 4.58. The third-order valence-corrected chi connectivity index (χ3v) is 4.95. The summed E-state index contributed by atoms with van der Waals surface area (Å²) in [5.74, 6) is 0.724. The van der Waals surface area contributed by atoms with Crippen molar-refractivity contribution in [1.82, 2.24) is 0 Å². The Hall–Kier alpha value is 0.470. The van der Waals surface area contributed by atoms with Crippen molar-refractivity contribution in [2.75, 3.05) is 0 Å². The molecule has 0 N–H and O–H groups in total. The molecular formula is C10H12BrClS. The number of hydrogen-bond acceptors (Lipinski definition) is 1. The van der Waals surface area contributed by atoms with Crippen molar-refractivity contribution >= 4 is 38.9 Å². The fourth-order valence-corrected chi connectivity index (χ4v) is 4.02. The minimum Gasteiger partial charge on any atom is -0.133 e. The molecule has 0 aromatic carbocycles. The van der Waals surface area contributed by atoms with Gasteiger partial charge in [0.2, 0.25) is 0 Å². The first-order chi connectivity index (χ1) is 6.18. The zero-order chi connectivity index (χ0) is 9.42. The molecule has 0 saturated heterocycles. The molecule has 0 radical (unpaired) electrons. The van der Waals surface area contributed by atoms with Crippen LogP contribution in [-0.4, -0.2) is 0 Å². The molecule has 1 saturated carbocycles. The maximum absolute atomic E-state index is 6.41. The maximum atomic E-state index is 6.41. The zero-order valence-electron chi connectivity index (χ0n) is 7.52. The summed E-state index contributed by atoms with van der Waals surface area (Å²) in [6.45, 7) is 2.15. The highest BCUT2D eigenvalue weighted by Gasteiger charge is 2.28. The Bertz CT molecular complexity index is 304. The van der Waals surface area contributed by atoms with Crippen LogP contribution in [0.1, 0.15) is 35.1 Å². The lowest BCUT2D eigenvalue weighted by Crippen LogP contribution is -2.16. The van der Waals surface area contributed by atoms with Crippen molar-refractivity contribution in [2.24, 2.45) is 5.92 Å². The van der Waals surface area contributed by atoms with Gasteiger partial charge in [-0.05, 0) is 53.2 Å². The average Bonchev–Trinajstić information content (AvgIpc) is 2.26. The van der Waals surface area contributed by atoms with E-state index < -0.39 is 0 Å². The number of rotatable bonds is 2. The zero-order valence-corrected chi connectivity index (χ0v) is 10.7. The molecule has 0 aliphatic heterocycles. The molecule has 1 aliphatic rings. The molecule has 13 heavy (non-hydrogen) atoms. The van der Waals surface area contributed by atoms with Gasteiger partial charge in [-0.25, -0.2) is 0 Å². The Balaban J connectivity index is 2.18. The second-order valence-electron chi connectivity index (χ2n) is 3.65. The molecule has 1 unspecified atom stereocenters. The van der Waals surface area contributed by atoms with Gasteiger partial charge in [0.15, 0.2) is 0 Å². The summed E-state index contributed by atoms with van der Waals surface area (Å²) < 4.78 is 1.20. The van der Waals surface area contributed by atoms with Gasteiger partial charge in [-0.2, -0.15) is 0 Å². The van der Waals surface area contributed by atoms with Crippen LogP contribution in [0.5, 0.6) is 0 Å². The molecule has 1 aliphatic carbocycles. The Morgan fingerprint density at radius 3 is 2.69 bits per heavy atom. The normalized spacial score (nSPS) is 19.9. The highest BCUT2D eigenvalue weighted by molar-refractivity contribution is 9.11. The van der Waals surface area contributed by atoms with Gasteiger partial charge in [-0.3, -0.25) is 0 Å². The Labute approximate surface area is 96.4 Å². The van der Waals surface area contributed by atoms with Crippen molar-refractivity contribution in [1.29, 1.82) is 0 Å². The summed E-state index contributed by atoms with van der Waals surface area (Å²) in [6, 6.07) is 2.18. The van der Waals surface area contributed by atoms with E-state index in [1.165, 1.54) is 33.5 Å². The van der Waals surface area contributed by atoms with E-state index in [1.54, 1.807) is 11.3 Å². The van der Waals surface area contributed by atoms with E-state index in [0.29, 0.717) is 0 Å². The summed E-state index contributed by atoms with van der Waals surface area (Å²) >= 11 is 11.7. The summed E-state index contributed by atoms with van der Waals surface area (Å²) in [4.78, 5) is 1.36. The SMILES string of the molecule is Cc1sc(Br)cc1C(Cl)C1CCC1. The monoisotopic (exact) mass is 278 g/mol. The van der Waals surface area contributed by atoms with Crippen molar-refractivity contribution < 1.29 is 0 Å². The van der Waals surface area contributed by atoms with E-state index >= 15 is 0 Å². The van der Waals surface area contributed by atoms with Crippen LogP contribution in [0.4, 0.5) is 0 Å².